The summed E-state index contributed by atoms with van der Waals surface area (Å²) in [6.45, 7) is 6.33. The van der Waals surface area contributed by atoms with Crippen LogP contribution in [0.15, 0.2) is 53.3 Å². The van der Waals surface area contributed by atoms with E-state index >= 15 is 0 Å². The molecule has 0 spiro atoms. The minimum atomic E-state index is -0.284. The Morgan fingerprint density at radius 1 is 1.27 bits per heavy atom. The Morgan fingerprint density at radius 2 is 2.05 bits per heavy atom. The van der Waals surface area contributed by atoms with Gasteiger partial charge in [-0.25, -0.2) is 4.39 Å². The highest BCUT2D eigenvalue weighted by atomic mass is 19.1. The maximum absolute atomic E-state index is 14.2. The van der Waals surface area contributed by atoms with E-state index in [0.29, 0.717) is 16.7 Å². The summed E-state index contributed by atoms with van der Waals surface area (Å²) >= 11 is 0. The maximum Gasteiger partial charge on any atom is 0.131 e. The summed E-state index contributed by atoms with van der Waals surface area (Å²) in [5, 5.41) is 14.0. The van der Waals surface area contributed by atoms with Crippen molar-refractivity contribution in [2.45, 2.75) is 26.3 Å². The SMILES string of the molecule is CC1=CC(C)(C)NC2=CC3=C(O)c4cccc(F)c4C3=CC12. The Labute approximate surface area is 129 Å². The molecular weight excluding hydrogens is 277 g/mol. The fourth-order valence-electron chi connectivity index (χ4n) is 3.78. The van der Waals surface area contributed by atoms with Gasteiger partial charge in [0.1, 0.15) is 11.6 Å². The highest BCUT2D eigenvalue weighted by Gasteiger charge is 2.36. The molecule has 0 saturated carbocycles. The Kier molecular flexibility index (Phi) is 2.51. The van der Waals surface area contributed by atoms with Gasteiger partial charge in [-0.05, 0) is 38.5 Å². The summed E-state index contributed by atoms with van der Waals surface area (Å²) in [4.78, 5) is 0. The number of allylic oxidation sites excluding steroid dienone is 4. The number of fused-ring (bicyclic) bond motifs is 4. The molecule has 1 unspecified atom stereocenters. The van der Waals surface area contributed by atoms with E-state index in [2.05, 4.69) is 38.2 Å². The number of rotatable bonds is 0. The second-order valence-corrected chi connectivity index (χ2v) is 6.82. The topological polar surface area (TPSA) is 32.3 Å². The standard InChI is InChI=1S/C19H18FNO/c1-10-9-19(2,3)21-16-8-14-13(7-12(10)16)17-11(18(14)22)5-4-6-15(17)20/h4-9,12,21-22H,1-3H3. The monoisotopic (exact) mass is 295 g/mol. The maximum atomic E-state index is 14.2. The van der Waals surface area contributed by atoms with Crippen LogP contribution in [-0.4, -0.2) is 10.6 Å². The van der Waals surface area contributed by atoms with Crippen molar-refractivity contribution < 1.29 is 9.50 Å². The molecule has 1 aromatic rings. The average Bonchev–Trinajstić information content (AvgIpc) is 2.71. The minimum absolute atomic E-state index is 0.116. The smallest absolute Gasteiger partial charge is 0.131 e. The lowest BCUT2D eigenvalue weighted by atomic mass is 9.80. The van der Waals surface area contributed by atoms with Crippen LogP contribution in [-0.2, 0) is 0 Å². The molecule has 2 N–H and O–H groups in total. The van der Waals surface area contributed by atoms with E-state index in [4.69, 9.17) is 0 Å². The van der Waals surface area contributed by atoms with Crippen LogP contribution >= 0.6 is 0 Å². The number of halogens is 1. The van der Waals surface area contributed by atoms with Crippen molar-refractivity contribution in [1.29, 1.82) is 0 Å². The summed E-state index contributed by atoms with van der Waals surface area (Å²) in [5.41, 5.74) is 4.79. The van der Waals surface area contributed by atoms with Crippen LogP contribution in [0.5, 0.6) is 0 Å². The number of hydrogen-bond acceptors (Lipinski definition) is 2. The van der Waals surface area contributed by atoms with Gasteiger partial charge in [-0.1, -0.05) is 29.9 Å². The van der Waals surface area contributed by atoms with Crippen LogP contribution in [0.1, 0.15) is 31.9 Å². The Bertz CT molecular complexity index is 824. The van der Waals surface area contributed by atoms with Gasteiger partial charge in [0.25, 0.3) is 0 Å². The van der Waals surface area contributed by atoms with E-state index in [0.717, 1.165) is 11.3 Å². The van der Waals surface area contributed by atoms with Gasteiger partial charge in [0.15, 0.2) is 0 Å². The Morgan fingerprint density at radius 3 is 2.82 bits per heavy atom. The first-order valence-electron chi connectivity index (χ1n) is 7.51. The summed E-state index contributed by atoms with van der Waals surface area (Å²) in [6, 6.07) is 4.84. The number of hydrogen-bond donors (Lipinski definition) is 2. The summed E-state index contributed by atoms with van der Waals surface area (Å²) in [7, 11) is 0. The van der Waals surface area contributed by atoms with E-state index in [1.165, 1.54) is 11.6 Å². The quantitative estimate of drug-likeness (QED) is 0.698. The van der Waals surface area contributed by atoms with Gasteiger partial charge in [-0.3, -0.25) is 0 Å². The molecule has 3 aliphatic rings. The van der Waals surface area contributed by atoms with Crippen molar-refractivity contribution in [2.24, 2.45) is 5.92 Å². The van der Waals surface area contributed by atoms with E-state index in [1.54, 1.807) is 12.1 Å². The van der Waals surface area contributed by atoms with Crippen LogP contribution in [0.4, 0.5) is 4.39 Å². The highest BCUT2D eigenvalue weighted by molar-refractivity contribution is 6.01. The normalized spacial score (nSPS) is 24.5. The second kappa shape index (κ2) is 4.13. The molecule has 4 rings (SSSR count). The fourth-order valence-corrected chi connectivity index (χ4v) is 3.78. The third-order valence-corrected chi connectivity index (χ3v) is 4.60. The fraction of sp³-hybridized carbons (Fsp3) is 0.263. The average molecular weight is 295 g/mol. The number of benzene rings is 1. The molecule has 0 bridgehead atoms. The second-order valence-electron chi connectivity index (χ2n) is 6.82. The van der Waals surface area contributed by atoms with Gasteiger partial charge in [0.2, 0.25) is 0 Å². The Balaban J connectivity index is 1.94. The molecule has 112 valence electrons. The van der Waals surface area contributed by atoms with Gasteiger partial charge >= 0.3 is 0 Å². The lowest BCUT2D eigenvalue weighted by Crippen LogP contribution is -2.43. The zero-order valence-electron chi connectivity index (χ0n) is 12.9. The van der Waals surface area contributed by atoms with E-state index in [-0.39, 0.29) is 23.0 Å². The van der Waals surface area contributed by atoms with Gasteiger partial charge < -0.3 is 10.4 Å². The zero-order chi connectivity index (χ0) is 15.6. The molecule has 0 aromatic heterocycles. The third kappa shape index (κ3) is 1.71. The molecule has 1 aromatic carbocycles. The highest BCUT2D eigenvalue weighted by Crippen LogP contribution is 2.47. The number of aliphatic hydroxyl groups is 1. The summed E-state index contributed by atoms with van der Waals surface area (Å²) in [5.74, 6) is -0.00322. The number of nitrogens with one attached hydrogen (secondary N) is 1. The first-order chi connectivity index (χ1) is 10.4. The van der Waals surface area contributed by atoms with Crippen LogP contribution < -0.4 is 5.32 Å². The predicted octanol–water partition coefficient (Wildman–Crippen LogP) is 4.33. The van der Waals surface area contributed by atoms with E-state index in [9.17, 15) is 9.50 Å². The van der Waals surface area contributed by atoms with Crippen LogP contribution in [0.2, 0.25) is 0 Å². The largest absolute Gasteiger partial charge is 0.507 e. The molecule has 0 amide bonds. The third-order valence-electron chi connectivity index (χ3n) is 4.60. The van der Waals surface area contributed by atoms with Crippen LogP contribution in [0.3, 0.4) is 0 Å². The van der Waals surface area contributed by atoms with Crippen molar-refractivity contribution in [1.82, 2.24) is 5.32 Å². The predicted molar refractivity (Wildman–Crippen MR) is 86.5 cm³/mol. The molecule has 2 nitrogen and oxygen atoms in total. The molecule has 1 heterocycles. The van der Waals surface area contributed by atoms with Crippen molar-refractivity contribution in [3.8, 4) is 0 Å². The molecule has 0 radical (unpaired) electrons. The van der Waals surface area contributed by atoms with Gasteiger partial charge in [0.05, 0.1) is 0 Å². The zero-order valence-corrected chi connectivity index (χ0v) is 12.9. The molecule has 0 saturated heterocycles. The van der Waals surface area contributed by atoms with Crippen molar-refractivity contribution in [3.63, 3.8) is 0 Å². The first kappa shape index (κ1) is 13.4. The van der Waals surface area contributed by atoms with Crippen molar-refractivity contribution in [2.75, 3.05) is 0 Å². The minimum Gasteiger partial charge on any atom is -0.507 e. The van der Waals surface area contributed by atoms with Gasteiger partial charge in [0, 0.05) is 33.9 Å². The van der Waals surface area contributed by atoms with E-state index < -0.39 is 0 Å². The molecule has 1 atom stereocenters. The summed E-state index contributed by atoms with van der Waals surface area (Å²) in [6.07, 6.45) is 6.23. The Hall–Kier alpha value is -2.29. The van der Waals surface area contributed by atoms with Crippen LogP contribution in [0.25, 0.3) is 11.3 Å². The van der Waals surface area contributed by atoms with Gasteiger partial charge in [-0.15, -0.1) is 0 Å². The van der Waals surface area contributed by atoms with Gasteiger partial charge in [-0.2, -0.15) is 0 Å². The summed E-state index contributed by atoms with van der Waals surface area (Å²) < 4.78 is 14.2. The molecule has 22 heavy (non-hydrogen) atoms. The van der Waals surface area contributed by atoms with Crippen LogP contribution in [0, 0.1) is 11.7 Å². The first-order valence-corrected chi connectivity index (χ1v) is 7.51. The molecule has 0 fully saturated rings. The molecule has 2 aliphatic carbocycles. The lowest BCUT2D eigenvalue weighted by Gasteiger charge is -2.37. The number of aliphatic hydroxyl groups excluding tert-OH is 1. The lowest BCUT2D eigenvalue weighted by molar-refractivity contribution is 0.476. The van der Waals surface area contributed by atoms with E-state index in [1.807, 2.05) is 6.08 Å². The van der Waals surface area contributed by atoms with Crippen molar-refractivity contribution in [3.05, 3.63) is 70.2 Å². The molecular formula is C19H18FNO. The molecule has 1 aliphatic heterocycles. The van der Waals surface area contributed by atoms with Crippen molar-refractivity contribution >= 4 is 11.3 Å². The molecule has 3 heteroatoms.